The van der Waals surface area contributed by atoms with Crippen LogP contribution in [0.1, 0.15) is 30.6 Å². The second kappa shape index (κ2) is 3.70. The smallest absolute Gasteiger partial charge is 0.127 e. The van der Waals surface area contributed by atoms with Crippen LogP contribution in [0.2, 0.25) is 0 Å². The van der Waals surface area contributed by atoms with Crippen LogP contribution in [0.4, 0.5) is 0 Å². The van der Waals surface area contributed by atoms with Gasteiger partial charge in [0.25, 0.3) is 0 Å². The fourth-order valence-corrected chi connectivity index (χ4v) is 1.80. The topological polar surface area (TPSA) is 9.23 Å². The van der Waals surface area contributed by atoms with Gasteiger partial charge in [0.05, 0.1) is 5.76 Å². The first kappa shape index (κ1) is 9.07. The summed E-state index contributed by atoms with van der Waals surface area (Å²) >= 11 is 0. The van der Waals surface area contributed by atoms with Crippen LogP contribution < -0.4 is 0 Å². The molecule has 0 unspecified atom stereocenters. The number of ether oxygens (including phenoxy) is 1. The molecule has 1 aromatic carbocycles. The number of rotatable bonds is 2. The fourth-order valence-electron chi connectivity index (χ4n) is 1.80. The first-order chi connectivity index (χ1) is 6.81. The van der Waals surface area contributed by atoms with Crippen molar-refractivity contribution in [2.45, 2.75) is 19.4 Å². The van der Waals surface area contributed by atoms with Crippen LogP contribution in [0.25, 0.3) is 6.08 Å². The zero-order valence-corrected chi connectivity index (χ0v) is 8.36. The van der Waals surface area contributed by atoms with Gasteiger partial charge >= 0.3 is 0 Å². The van der Waals surface area contributed by atoms with E-state index in [0.29, 0.717) is 0 Å². The minimum Gasteiger partial charge on any atom is -0.490 e. The molecule has 72 valence electrons. The van der Waals surface area contributed by atoms with Crippen molar-refractivity contribution >= 4 is 6.08 Å². The highest BCUT2D eigenvalue weighted by Gasteiger charge is 2.18. The molecule has 0 fully saturated rings. The van der Waals surface area contributed by atoms with E-state index in [-0.39, 0.29) is 6.10 Å². The van der Waals surface area contributed by atoms with E-state index < -0.39 is 0 Å². The van der Waals surface area contributed by atoms with Gasteiger partial charge in [0.2, 0.25) is 0 Å². The average Bonchev–Trinajstić information content (AvgIpc) is 2.18. The van der Waals surface area contributed by atoms with Crippen molar-refractivity contribution in [1.29, 1.82) is 0 Å². The van der Waals surface area contributed by atoms with Gasteiger partial charge in [-0.05, 0) is 24.1 Å². The monoisotopic (exact) mass is 186 g/mol. The summed E-state index contributed by atoms with van der Waals surface area (Å²) in [4.78, 5) is 0. The van der Waals surface area contributed by atoms with Gasteiger partial charge in [-0.1, -0.05) is 30.3 Å². The minimum atomic E-state index is 0.147. The second-order valence-corrected chi connectivity index (χ2v) is 3.51. The van der Waals surface area contributed by atoms with E-state index >= 15 is 0 Å². The molecule has 1 heteroatoms. The highest BCUT2D eigenvalue weighted by Crippen LogP contribution is 2.32. The summed E-state index contributed by atoms with van der Waals surface area (Å²) in [7, 11) is 0. The molecule has 0 amide bonds. The Morgan fingerprint density at radius 2 is 2.21 bits per heavy atom. The fraction of sp³-hybridized carbons (Fsp3) is 0.231. The van der Waals surface area contributed by atoms with E-state index in [2.05, 4.69) is 30.9 Å². The zero-order chi connectivity index (χ0) is 9.97. The Bertz CT molecular complexity index is 377. The van der Waals surface area contributed by atoms with Crippen molar-refractivity contribution < 1.29 is 4.74 Å². The molecule has 0 aromatic heterocycles. The van der Waals surface area contributed by atoms with Crippen LogP contribution in [-0.4, -0.2) is 0 Å². The lowest BCUT2D eigenvalue weighted by Gasteiger charge is -2.24. The van der Waals surface area contributed by atoms with Gasteiger partial charge in [-0.15, -0.1) is 6.58 Å². The molecule has 0 spiro atoms. The van der Waals surface area contributed by atoms with Gasteiger partial charge in [-0.3, -0.25) is 0 Å². The Kier molecular flexibility index (Phi) is 2.40. The lowest BCUT2D eigenvalue weighted by Crippen LogP contribution is -2.08. The van der Waals surface area contributed by atoms with Crippen LogP contribution in [0, 0.1) is 0 Å². The first-order valence-corrected chi connectivity index (χ1v) is 4.86. The number of hydrogen-bond donors (Lipinski definition) is 0. The van der Waals surface area contributed by atoms with E-state index in [1.54, 1.807) is 0 Å². The van der Waals surface area contributed by atoms with Gasteiger partial charge in [0.1, 0.15) is 6.10 Å². The van der Waals surface area contributed by atoms with Crippen molar-refractivity contribution in [3.05, 3.63) is 53.8 Å². The van der Waals surface area contributed by atoms with E-state index in [4.69, 9.17) is 4.74 Å². The van der Waals surface area contributed by atoms with Crippen LogP contribution >= 0.6 is 0 Å². The lowest BCUT2D eigenvalue weighted by molar-refractivity contribution is 0.119. The van der Waals surface area contributed by atoms with Gasteiger partial charge in [-0.25, -0.2) is 0 Å². The highest BCUT2D eigenvalue weighted by atomic mass is 16.5. The summed E-state index contributed by atoms with van der Waals surface area (Å²) in [6.45, 7) is 5.75. The Labute approximate surface area is 84.7 Å². The predicted molar refractivity (Wildman–Crippen MR) is 58.7 cm³/mol. The molecule has 1 aliphatic rings. The van der Waals surface area contributed by atoms with E-state index in [9.17, 15) is 0 Å². The molecule has 2 rings (SSSR count). The molecule has 0 radical (unpaired) electrons. The summed E-state index contributed by atoms with van der Waals surface area (Å²) in [5.74, 6) is 0.982. The highest BCUT2D eigenvalue weighted by molar-refractivity contribution is 5.57. The molecule has 1 atom stereocenters. The minimum absolute atomic E-state index is 0.147. The van der Waals surface area contributed by atoms with Gasteiger partial charge in [0.15, 0.2) is 0 Å². The lowest BCUT2D eigenvalue weighted by atomic mass is 9.97. The first-order valence-electron chi connectivity index (χ1n) is 4.86. The molecule has 0 N–H and O–H groups in total. The molecule has 1 heterocycles. The SMILES string of the molecule is C=CC[C@H]1OC(C)=Cc2ccccc21. The van der Waals surface area contributed by atoms with Crippen LogP contribution in [0.3, 0.4) is 0 Å². The molecule has 1 nitrogen and oxygen atoms in total. The zero-order valence-electron chi connectivity index (χ0n) is 8.36. The Morgan fingerprint density at radius 3 is 3.00 bits per heavy atom. The van der Waals surface area contributed by atoms with Gasteiger partial charge in [0, 0.05) is 6.42 Å². The van der Waals surface area contributed by atoms with Crippen LogP contribution in [0.5, 0.6) is 0 Å². The van der Waals surface area contributed by atoms with Crippen molar-refractivity contribution in [3.8, 4) is 0 Å². The molecule has 0 aliphatic carbocycles. The maximum absolute atomic E-state index is 5.74. The molecule has 0 bridgehead atoms. The van der Waals surface area contributed by atoms with Crippen molar-refractivity contribution in [1.82, 2.24) is 0 Å². The van der Waals surface area contributed by atoms with Gasteiger partial charge in [-0.2, -0.15) is 0 Å². The third kappa shape index (κ3) is 1.58. The Hall–Kier alpha value is -1.50. The summed E-state index contributed by atoms with van der Waals surface area (Å²) in [5.41, 5.74) is 2.53. The third-order valence-electron chi connectivity index (χ3n) is 2.41. The summed E-state index contributed by atoms with van der Waals surface area (Å²) in [6.07, 6.45) is 4.99. The number of hydrogen-bond acceptors (Lipinski definition) is 1. The Morgan fingerprint density at radius 1 is 1.43 bits per heavy atom. The van der Waals surface area contributed by atoms with Crippen molar-refractivity contribution in [2.24, 2.45) is 0 Å². The maximum Gasteiger partial charge on any atom is 0.127 e. The van der Waals surface area contributed by atoms with Crippen molar-refractivity contribution in [2.75, 3.05) is 0 Å². The summed E-state index contributed by atoms with van der Waals surface area (Å²) in [5, 5.41) is 0. The normalized spacial score (nSPS) is 19.2. The molecule has 14 heavy (non-hydrogen) atoms. The molecular formula is C13H14O. The third-order valence-corrected chi connectivity index (χ3v) is 2.41. The van der Waals surface area contributed by atoms with Crippen LogP contribution in [-0.2, 0) is 4.74 Å². The quantitative estimate of drug-likeness (QED) is 0.640. The molecule has 0 saturated heterocycles. The number of fused-ring (bicyclic) bond motifs is 1. The van der Waals surface area contributed by atoms with E-state index in [0.717, 1.165) is 12.2 Å². The van der Waals surface area contributed by atoms with Crippen molar-refractivity contribution in [3.63, 3.8) is 0 Å². The van der Waals surface area contributed by atoms with Crippen LogP contribution in [0.15, 0.2) is 42.7 Å². The number of allylic oxidation sites excluding steroid dienone is 1. The summed E-state index contributed by atoms with van der Waals surface area (Å²) < 4.78 is 5.74. The predicted octanol–water partition coefficient (Wildman–Crippen LogP) is 3.69. The molecule has 1 aliphatic heterocycles. The number of benzene rings is 1. The summed E-state index contributed by atoms with van der Waals surface area (Å²) in [6, 6.07) is 8.34. The molecular weight excluding hydrogens is 172 g/mol. The van der Waals surface area contributed by atoms with Gasteiger partial charge < -0.3 is 4.74 Å². The molecule has 1 aromatic rings. The maximum atomic E-state index is 5.74. The average molecular weight is 186 g/mol. The Balaban J connectivity index is 2.42. The van der Waals surface area contributed by atoms with E-state index in [1.807, 2.05) is 19.1 Å². The van der Waals surface area contributed by atoms with E-state index in [1.165, 1.54) is 11.1 Å². The second-order valence-electron chi connectivity index (χ2n) is 3.51. The molecule has 0 saturated carbocycles. The largest absolute Gasteiger partial charge is 0.490 e. The standard InChI is InChI=1S/C13H14O/c1-3-6-13-12-8-5-4-7-11(12)9-10(2)14-13/h3-5,7-9,13H,1,6H2,2H3/t13-/m1/s1.